The van der Waals surface area contributed by atoms with Crippen molar-refractivity contribution in [1.82, 2.24) is 8.68 Å². The third-order valence-corrected chi connectivity index (χ3v) is 6.88. The molecular weight excluding hydrogens is 299 g/mol. The van der Waals surface area contributed by atoms with Crippen LogP contribution in [0.25, 0.3) is 21.8 Å². The Morgan fingerprint density at radius 3 is 1.52 bits per heavy atom. The largest absolute Gasteiger partial charge is 0.308 e. The Bertz CT molecular complexity index is 898. The quantitative estimate of drug-likeness (QED) is 0.395. The minimum absolute atomic E-state index is 0.152. The summed E-state index contributed by atoms with van der Waals surface area (Å²) in [7, 11) is -0.584. The van der Waals surface area contributed by atoms with E-state index in [1.807, 2.05) is 0 Å². The molecule has 0 saturated carbocycles. The van der Waals surface area contributed by atoms with E-state index in [1.54, 1.807) is 0 Å². The molecule has 0 aliphatic rings. The summed E-state index contributed by atoms with van der Waals surface area (Å²) in [6.07, 6.45) is 4.49. The van der Waals surface area contributed by atoms with Gasteiger partial charge >= 0.3 is 0 Å². The smallest absolute Gasteiger partial charge is 0.109 e. The van der Waals surface area contributed by atoms with Crippen molar-refractivity contribution in [3.05, 3.63) is 73.1 Å². The van der Waals surface area contributed by atoms with E-state index in [4.69, 9.17) is 0 Å². The number of para-hydroxylation sites is 2. The molecule has 4 aromatic rings. The number of hydrogen-bond acceptors (Lipinski definition) is 0. The van der Waals surface area contributed by atoms with E-state index in [1.165, 1.54) is 21.8 Å². The van der Waals surface area contributed by atoms with E-state index >= 15 is 0 Å². The van der Waals surface area contributed by atoms with Crippen LogP contribution < -0.4 is 0 Å². The third-order valence-electron chi connectivity index (χ3n) is 4.17. The van der Waals surface area contributed by atoms with Gasteiger partial charge in [-0.15, -0.1) is 0 Å². The van der Waals surface area contributed by atoms with Crippen molar-refractivity contribution in [2.24, 2.45) is 0 Å². The van der Waals surface area contributed by atoms with Crippen LogP contribution in [-0.2, 0) is 0 Å². The number of aromatic nitrogens is 2. The minimum Gasteiger partial charge on any atom is -0.308 e. The Morgan fingerprint density at radius 2 is 1.09 bits per heavy atom. The molecule has 116 valence electrons. The van der Waals surface area contributed by atoms with Crippen molar-refractivity contribution in [2.45, 2.75) is 25.9 Å². The molecule has 23 heavy (non-hydrogen) atoms. The van der Waals surface area contributed by atoms with Crippen molar-refractivity contribution in [3.8, 4) is 0 Å². The van der Waals surface area contributed by atoms with Crippen LogP contribution in [-0.4, -0.2) is 13.8 Å². The van der Waals surface area contributed by atoms with Gasteiger partial charge in [0, 0.05) is 17.5 Å². The highest BCUT2D eigenvalue weighted by molar-refractivity contribution is 7.56. The minimum atomic E-state index is -0.584. The lowest BCUT2D eigenvalue weighted by Gasteiger charge is -2.34. The first kappa shape index (κ1) is 14.5. The van der Waals surface area contributed by atoms with Gasteiger partial charge in [-0.1, -0.05) is 57.2 Å². The van der Waals surface area contributed by atoms with Crippen LogP contribution in [0.15, 0.2) is 73.1 Å². The predicted molar refractivity (Wildman–Crippen MR) is 101 cm³/mol. The molecule has 0 saturated heterocycles. The second-order valence-corrected chi connectivity index (χ2v) is 9.68. The first-order valence-corrected chi connectivity index (χ1v) is 9.23. The highest BCUT2D eigenvalue weighted by Gasteiger charge is 2.30. The van der Waals surface area contributed by atoms with Gasteiger partial charge in [-0.2, -0.15) is 0 Å². The van der Waals surface area contributed by atoms with E-state index in [0.29, 0.717) is 0 Å². The van der Waals surface area contributed by atoms with Crippen LogP contribution in [0.3, 0.4) is 0 Å². The van der Waals surface area contributed by atoms with E-state index in [-0.39, 0.29) is 5.16 Å². The van der Waals surface area contributed by atoms with Crippen LogP contribution >= 0.6 is 8.22 Å². The van der Waals surface area contributed by atoms with Crippen molar-refractivity contribution in [2.75, 3.05) is 0 Å². The van der Waals surface area contributed by atoms with Crippen molar-refractivity contribution >= 4 is 30.0 Å². The number of nitrogens with zero attached hydrogens (tertiary/aromatic N) is 2. The molecule has 0 aliphatic carbocycles. The fourth-order valence-electron chi connectivity index (χ4n) is 3.22. The topological polar surface area (TPSA) is 9.86 Å². The zero-order chi connectivity index (χ0) is 16.0. The Labute approximate surface area is 138 Å². The monoisotopic (exact) mass is 320 g/mol. The zero-order valence-corrected chi connectivity index (χ0v) is 14.7. The highest BCUT2D eigenvalue weighted by atomic mass is 31.1. The van der Waals surface area contributed by atoms with E-state index in [9.17, 15) is 0 Å². The molecule has 0 atom stereocenters. The average molecular weight is 320 g/mol. The van der Waals surface area contributed by atoms with Gasteiger partial charge < -0.3 is 8.68 Å². The Balaban J connectivity index is 1.99. The van der Waals surface area contributed by atoms with Crippen molar-refractivity contribution in [1.29, 1.82) is 0 Å². The Hall–Kier alpha value is -2.05. The van der Waals surface area contributed by atoms with E-state index in [2.05, 4.69) is 103 Å². The molecular formula is C20H21N2P. The fraction of sp³-hybridized carbons (Fsp3) is 0.200. The zero-order valence-electron chi connectivity index (χ0n) is 13.8. The summed E-state index contributed by atoms with van der Waals surface area (Å²) in [6, 6.07) is 21.7. The van der Waals surface area contributed by atoms with Gasteiger partial charge in [0.2, 0.25) is 0 Å². The maximum Gasteiger partial charge on any atom is 0.109 e. The normalized spacial score (nSPS) is 12.5. The lowest BCUT2D eigenvalue weighted by atomic mass is 10.3. The maximum atomic E-state index is 2.47. The number of benzene rings is 2. The predicted octanol–water partition coefficient (Wildman–Crippen LogP) is 6.10. The highest BCUT2D eigenvalue weighted by Crippen LogP contribution is 2.54. The van der Waals surface area contributed by atoms with Crippen molar-refractivity contribution in [3.63, 3.8) is 0 Å². The Morgan fingerprint density at radius 1 is 0.652 bits per heavy atom. The second-order valence-electron chi connectivity index (χ2n) is 6.90. The molecule has 0 spiro atoms. The van der Waals surface area contributed by atoms with Gasteiger partial charge in [0.15, 0.2) is 0 Å². The summed E-state index contributed by atoms with van der Waals surface area (Å²) in [4.78, 5) is 0. The van der Waals surface area contributed by atoms with Crippen LogP contribution in [0.1, 0.15) is 20.8 Å². The number of fused-ring (bicyclic) bond motifs is 2. The number of rotatable bonds is 2. The summed E-state index contributed by atoms with van der Waals surface area (Å²) in [6.45, 7) is 7.01. The molecule has 2 nitrogen and oxygen atoms in total. The van der Waals surface area contributed by atoms with Gasteiger partial charge in [-0.3, -0.25) is 0 Å². The van der Waals surface area contributed by atoms with Crippen LogP contribution in [0.5, 0.6) is 0 Å². The molecule has 0 radical (unpaired) electrons. The molecule has 0 amide bonds. The van der Waals surface area contributed by atoms with E-state index in [0.717, 1.165) is 0 Å². The summed E-state index contributed by atoms with van der Waals surface area (Å²) in [5.74, 6) is 0. The first-order valence-electron chi connectivity index (χ1n) is 7.99. The SMILES string of the molecule is CC(C)(C)P(n1ccc2ccccc21)n1ccc2ccccc21. The third kappa shape index (κ3) is 2.38. The summed E-state index contributed by atoms with van der Waals surface area (Å²) < 4.78 is 4.94. The van der Waals surface area contributed by atoms with Crippen molar-refractivity contribution < 1.29 is 0 Å². The second kappa shape index (κ2) is 5.25. The standard InChI is InChI=1S/C20H21N2P/c1-20(2,3)23(21-14-12-16-8-4-6-10-18(16)21)22-15-13-17-9-5-7-11-19(17)22/h4-15H,1-3H3. The molecule has 0 fully saturated rings. The molecule has 3 heteroatoms. The van der Waals surface area contributed by atoms with Crippen LogP contribution in [0, 0.1) is 0 Å². The average Bonchev–Trinajstić information content (AvgIpc) is 3.12. The van der Waals surface area contributed by atoms with E-state index < -0.39 is 8.22 Å². The number of hydrogen-bond donors (Lipinski definition) is 0. The van der Waals surface area contributed by atoms with Gasteiger partial charge in [-0.25, -0.2) is 0 Å². The fourth-order valence-corrected chi connectivity index (χ4v) is 5.88. The molecule has 0 bridgehead atoms. The molecule has 2 aromatic heterocycles. The lowest BCUT2D eigenvalue weighted by Crippen LogP contribution is -2.19. The molecule has 0 N–H and O–H groups in total. The van der Waals surface area contributed by atoms with Gasteiger partial charge in [0.05, 0.1) is 11.0 Å². The maximum absolute atomic E-state index is 2.47. The first-order chi connectivity index (χ1) is 11.1. The van der Waals surface area contributed by atoms with Gasteiger partial charge in [-0.05, 0) is 35.0 Å². The summed E-state index contributed by atoms with van der Waals surface area (Å²) in [5, 5.41) is 2.76. The molecule has 0 aliphatic heterocycles. The lowest BCUT2D eigenvalue weighted by molar-refractivity contribution is 0.763. The van der Waals surface area contributed by atoms with Gasteiger partial charge in [0.1, 0.15) is 8.22 Å². The van der Waals surface area contributed by atoms with Crippen LogP contribution in [0.4, 0.5) is 0 Å². The Kier molecular flexibility index (Phi) is 3.32. The van der Waals surface area contributed by atoms with Gasteiger partial charge in [0.25, 0.3) is 0 Å². The summed E-state index contributed by atoms with van der Waals surface area (Å²) >= 11 is 0. The van der Waals surface area contributed by atoms with Crippen LogP contribution in [0.2, 0.25) is 0 Å². The molecule has 2 aromatic carbocycles. The molecule has 0 unspecified atom stereocenters. The molecule has 4 rings (SSSR count). The summed E-state index contributed by atoms with van der Waals surface area (Å²) in [5.41, 5.74) is 2.62. The molecule has 2 heterocycles.